The Morgan fingerprint density at radius 2 is 2.22 bits per heavy atom. The molecule has 5 nitrogen and oxygen atoms in total. The van der Waals surface area contributed by atoms with E-state index in [-0.39, 0.29) is 18.1 Å². The van der Waals surface area contributed by atoms with Crippen LogP contribution in [-0.4, -0.2) is 41.1 Å². The Bertz CT molecular complexity index is 441. The molecule has 2 rings (SSSR count). The van der Waals surface area contributed by atoms with Gasteiger partial charge in [0.25, 0.3) is 5.91 Å². The average molecular weight is 249 g/mol. The van der Waals surface area contributed by atoms with Crippen LogP contribution in [0.5, 0.6) is 0 Å². The second-order valence-corrected chi connectivity index (χ2v) is 4.87. The third kappa shape index (κ3) is 2.61. The van der Waals surface area contributed by atoms with Gasteiger partial charge in [0, 0.05) is 17.8 Å². The molecule has 1 aliphatic rings. The van der Waals surface area contributed by atoms with Gasteiger partial charge in [-0.05, 0) is 32.9 Å². The van der Waals surface area contributed by atoms with Gasteiger partial charge in [0.05, 0.1) is 18.8 Å². The van der Waals surface area contributed by atoms with Crippen LogP contribution >= 0.6 is 0 Å². The molecule has 0 aromatic carbocycles. The Labute approximate surface area is 107 Å². The van der Waals surface area contributed by atoms with Gasteiger partial charge < -0.3 is 15.4 Å². The predicted octanol–water partition coefficient (Wildman–Crippen LogP) is 1.22. The molecule has 2 unspecified atom stereocenters. The molecule has 0 saturated carbocycles. The molecule has 1 amide bonds. The number of aryl methyl sites for hydroxylation is 1. The lowest BCUT2D eigenvalue weighted by atomic mass is 10.1. The number of nitrogens with two attached hydrogens (primary N) is 1. The highest BCUT2D eigenvalue weighted by atomic mass is 16.5. The summed E-state index contributed by atoms with van der Waals surface area (Å²) in [5.74, 6) is 0.377. The summed E-state index contributed by atoms with van der Waals surface area (Å²) in [6.45, 7) is 6.98. The molecular formula is C13H19N3O2. The quantitative estimate of drug-likeness (QED) is 0.812. The molecule has 5 heteroatoms. The highest BCUT2D eigenvalue weighted by molar-refractivity contribution is 5.95. The summed E-state index contributed by atoms with van der Waals surface area (Å²) >= 11 is 0. The number of rotatable bonds is 1. The third-order valence-corrected chi connectivity index (χ3v) is 3.09. The van der Waals surface area contributed by atoms with Gasteiger partial charge in [-0.15, -0.1) is 0 Å². The van der Waals surface area contributed by atoms with Gasteiger partial charge in [-0.25, -0.2) is 4.98 Å². The van der Waals surface area contributed by atoms with Crippen LogP contribution in [0.3, 0.4) is 0 Å². The predicted molar refractivity (Wildman–Crippen MR) is 69.3 cm³/mol. The number of amides is 1. The van der Waals surface area contributed by atoms with Gasteiger partial charge in [0.1, 0.15) is 5.82 Å². The summed E-state index contributed by atoms with van der Waals surface area (Å²) in [5, 5.41) is 0. The highest BCUT2D eigenvalue weighted by Gasteiger charge is 2.28. The molecule has 2 heterocycles. The number of nitrogen functional groups attached to an aromatic ring is 1. The second kappa shape index (κ2) is 4.94. The van der Waals surface area contributed by atoms with E-state index in [0.717, 1.165) is 5.69 Å². The van der Waals surface area contributed by atoms with Gasteiger partial charge in [0.15, 0.2) is 0 Å². The zero-order valence-electron chi connectivity index (χ0n) is 11.0. The molecule has 1 aromatic heterocycles. The SMILES string of the molecule is Cc1cc(C(=O)N2CC(C)OCC2C)cc(N)n1. The van der Waals surface area contributed by atoms with Crippen molar-refractivity contribution in [3.63, 3.8) is 0 Å². The summed E-state index contributed by atoms with van der Waals surface area (Å²) in [6.07, 6.45) is 0.0745. The highest BCUT2D eigenvalue weighted by Crippen LogP contribution is 2.17. The van der Waals surface area contributed by atoms with Crippen molar-refractivity contribution in [3.8, 4) is 0 Å². The lowest BCUT2D eigenvalue weighted by Crippen LogP contribution is -2.50. The zero-order chi connectivity index (χ0) is 13.3. The molecule has 98 valence electrons. The third-order valence-electron chi connectivity index (χ3n) is 3.09. The van der Waals surface area contributed by atoms with Crippen molar-refractivity contribution in [1.82, 2.24) is 9.88 Å². The van der Waals surface area contributed by atoms with Crippen LogP contribution in [0.2, 0.25) is 0 Å². The minimum atomic E-state index is -0.00477. The van der Waals surface area contributed by atoms with Crippen molar-refractivity contribution >= 4 is 11.7 Å². The van der Waals surface area contributed by atoms with Crippen molar-refractivity contribution in [2.45, 2.75) is 32.9 Å². The van der Waals surface area contributed by atoms with Gasteiger partial charge in [-0.1, -0.05) is 0 Å². The van der Waals surface area contributed by atoms with Crippen LogP contribution in [0, 0.1) is 6.92 Å². The van der Waals surface area contributed by atoms with E-state index < -0.39 is 0 Å². The smallest absolute Gasteiger partial charge is 0.254 e. The molecule has 0 radical (unpaired) electrons. The molecule has 1 saturated heterocycles. The largest absolute Gasteiger partial charge is 0.384 e. The number of hydrogen-bond acceptors (Lipinski definition) is 4. The number of hydrogen-bond donors (Lipinski definition) is 1. The average Bonchev–Trinajstić information content (AvgIpc) is 2.30. The Balaban J connectivity index is 2.24. The fourth-order valence-electron chi connectivity index (χ4n) is 2.17. The fourth-order valence-corrected chi connectivity index (χ4v) is 2.17. The summed E-state index contributed by atoms with van der Waals surface area (Å²) in [5.41, 5.74) is 7.04. The Morgan fingerprint density at radius 1 is 1.50 bits per heavy atom. The van der Waals surface area contributed by atoms with Crippen LogP contribution in [0.15, 0.2) is 12.1 Å². The van der Waals surface area contributed by atoms with Crippen molar-refractivity contribution in [1.29, 1.82) is 0 Å². The first kappa shape index (κ1) is 12.8. The Morgan fingerprint density at radius 3 is 2.89 bits per heavy atom. The zero-order valence-corrected chi connectivity index (χ0v) is 11.0. The Kier molecular flexibility index (Phi) is 3.52. The molecule has 0 bridgehead atoms. The number of anilines is 1. The van der Waals surface area contributed by atoms with E-state index in [9.17, 15) is 4.79 Å². The fraction of sp³-hybridized carbons (Fsp3) is 0.538. The van der Waals surface area contributed by atoms with Gasteiger partial charge in [-0.3, -0.25) is 4.79 Å². The lowest BCUT2D eigenvalue weighted by molar-refractivity contribution is -0.0387. The topological polar surface area (TPSA) is 68.5 Å². The van der Waals surface area contributed by atoms with Crippen LogP contribution in [0.1, 0.15) is 29.9 Å². The number of morpholine rings is 1. The number of nitrogens with zero attached hydrogens (tertiary/aromatic N) is 2. The van der Waals surface area contributed by atoms with Crippen LogP contribution < -0.4 is 5.73 Å². The molecule has 0 spiro atoms. The number of aromatic nitrogens is 1. The number of ether oxygens (including phenoxy) is 1. The number of carbonyl (C=O) groups excluding carboxylic acids is 1. The molecule has 0 aliphatic carbocycles. The first-order chi connectivity index (χ1) is 8.47. The van der Waals surface area contributed by atoms with Crippen LogP contribution in [0.4, 0.5) is 5.82 Å². The van der Waals surface area contributed by atoms with E-state index in [2.05, 4.69) is 4.98 Å². The van der Waals surface area contributed by atoms with Crippen molar-refractivity contribution in [3.05, 3.63) is 23.4 Å². The maximum absolute atomic E-state index is 12.4. The first-order valence-corrected chi connectivity index (χ1v) is 6.14. The maximum atomic E-state index is 12.4. The van der Waals surface area contributed by atoms with Crippen molar-refractivity contribution in [2.75, 3.05) is 18.9 Å². The normalized spacial score (nSPS) is 24.1. The van der Waals surface area contributed by atoms with Gasteiger partial charge in [0.2, 0.25) is 0 Å². The minimum Gasteiger partial charge on any atom is -0.384 e. The summed E-state index contributed by atoms with van der Waals surface area (Å²) in [7, 11) is 0. The molecular weight excluding hydrogens is 230 g/mol. The van der Waals surface area contributed by atoms with Crippen molar-refractivity contribution in [2.24, 2.45) is 0 Å². The van der Waals surface area contributed by atoms with Crippen LogP contribution in [-0.2, 0) is 4.74 Å². The van der Waals surface area contributed by atoms with E-state index in [1.165, 1.54) is 0 Å². The standard InChI is InChI=1S/C13H19N3O2/c1-8-4-11(5-12(14)15-8)13(17)16-6-10(3)18-7-9(16)2/h4-5,9-10H,6-7H2,1-3H3,(H2,14,15). The van der Waals surface area contributed by atoms with Gasteiger partial charge in [-0.2, -0.15) is 0 Å². The molecule has 2 atom stereocenters. The molecule has 2 N–H and O–H groups in total. The van der Waals surface area contributed by atoms with E-state index in [4.69, 9.17) is 10.5 Å². The van der Waals surface area contributed by atoms with Crippen molar-refractivity contribution < 1.29 is 9.53 Å². The molecule has 1 fully saturated rings. The van der Waals surface area contributed by atoms with E-state index in [1.54, 1.807) is 12.1 Å². The number of carbonyl (C=O) groups is 1. The monoisotopic (exact) mass is 249 g/mol. The van der Waals surface area contributed by atoms with E-state index in [0.29, 0.717) is 24.5 Å². The second-order valence-electron chi connectivity index (χ2n) is 4.87. The summed E-state index contributed by atoms with van der Waals surface area (Å²) in [4.78, 5) is 18.4. The van der Waals surface area contributed by atoms with E-state index in [1.807, 2.05) is 25.7 Å². The maximum Gasteiger partial charge on any atom is 0.254 e. The number of pyridine rings is 1. The van der Waals surface area contributed by atoms with Crippen LogP contribution in [0.25, 0.3) is 0 Å². The summed E-state index contributed by atoms with van der Waals surface area (Å²) in [6, 6.07) is 3.48. The molecule has 1 aliphatic heterocycles. The summed E-state index contributed by atoms with van der Waals surface area (Å²) < 4.78 is 5.52. The van der Waals surface area contributed by atoms with E-state index >= 15 is 0 Å². The molecule has 18 heavy (non-hydrogen) atoms. The minimum absolute atomic E-state index is 0.00477. The first-order valence-electron chi connectivity index (χ1n) is 6.14. The van der Waals surface area contributed by atoms with Gasteiger partial charge >= 0.3 is 0 Å². The molecule has 1 aromatic rings. The lowest BCUT2D eigenvalue weighted by Gasteiger charge is -2.36. The Hall–Kier alpha value is -1.62.